The van der Waals surface area contributed by atoms with Gasteiger partial charge in [-0.05, 0) is 42.5 Å². The minimum Gasteiger partial charge on any atom is -0.460 e. The average Bonchev–Trinajstić information content (AvgIpc) is 2.79. The number of nitrogens with one attached hydrogen (secondary N) is 1. The van der Waals surface area contributed by atoms with Crippen LogP contribution in [0.3, 0.4) is 0 Å². The summed E-state index contributed by atoms with van der Waals surface area (Å²) in [7, 11) is 1.53. The molecule has 1 heterocycles. The van der Waals surface area contributed by atoms with Crippen LogP contribution < -0.4 is 5.32 Å². The van der Waals surface area contributed by atoms with Gasteiger partial charge in [0.25, 0.3) is 0 Å². The molecular formula is C26H26FNO4. The fourth-order valence-corrected chi connectivity index (χ4v) is 4.55. The van der Waals surface area contributed by atoms with Gasteiger partial charge in [-0.15, -0.1) is 0 Å². The summed E-state index contributed by atoms with van der Waals surface area (Å²) in [5.41, 5.74) is 4.19. The van der Waals surface area contributed by atoms with Gasteiger partial charge in [-0.3, -0.25) is 4.79 Å². The highest BCUT2D eigenvalue weighted by molar-refractivity contribution is 6.04. The van der Waals surface area contributed by atoms with E-state index < -0.39 is 11.9 Å². The Labute approximate surface area is 186 Å². The molecule has 1 aliphatic heterocycles. The van der Waals surface area contributed by atoms with Gasteiger partial charge in [-0.2, -0.15) is 0 Å². The summed E-state index contributed by atoms with van der Waals surface area (Å²) in [4.78, 5) is 26.4. The van der Waals surface area contributed by atoms with Crippen LogP contribution in [0.25, 0.3) is 0 Å². The van der Waals surface area contributed by atoms with E-state index in [1.165, 1.54) is 19.2 Å². The Morgan fingerprint density at radius 3 is 2.44 bits per heavy atom. The van der Waals surface area contributed by atoms with Gasteiger partial charge in [0.05, 0.1) is 12.2 Å². The fourth-order valence-electron chi connectivity index (χ4n) is 4.55. The zero-order valence-corrected chi connectivity index (χ0v) is 18.2. The molecule has 0 saturated carbocycles. The van der Waals surface area contributed by atoms with Crippen molar-refractivity contribution in [1.82, 2.24) is 5.32 Å². The number of halogens is 1. The van der Waals surface area contributed by atoms with Gasteiger partial charge in [-0.25, -0.2) is 9.18 Å². The van der Waals surface area contributed by atoms with E-state index >= 15 is 0 Å². The lowest BCUT2D eigenvalue weighted by atomic mass is 9.72. The van der Waals surface area contributed by atoms with Gasteiger partial charge in [0.1, 0.15) is 12.4 Å². The number of allylic oxidation sites excluding steroid dienone is 3. The van der Waals surface area contributed by atoms with Crippen molar-refractivity contribution < 1.29 is 23.5 Å². The topological polar surface area (TPSA) is 64.6 Å². The van der Waals surface area contributed by atoms with Gasteiger partial charge in [0.15, 0.2) is 5.78 Å². The molecule has 1 N–H and O–H groups in total. The number of methoxy groups -OCH3 is 1. The minimum absolute atomic E-state index is 0.0170. The Kier molecular flexibility index (Phi) is 6.51. The molecule has 2 aromatic rings. The molecule has 166 valence electrons. The summed E-state index contributed by atoms with van der Waals surface area (Å²) in [5, 5.41) is 3.31. The van der Waals surface area contributed by atoms with Crippen LogP contribution in [0.2, 0.25) is 0 Å². The van der Waals surface area contributed by atoms with E-state index in [0.29, 0.717) is 35.2 Å². The summed E-state index contributed by atoms with van der Waals surface area (Å²) in [6.07, 6.45) is 1.01. The Hall–Kier alpha value is -3.25. The van der Waals surface area contributed by atoms with Crippen molar-refractivity contribution in [2.24, 2.45) is 0 Å². The SMILES string of the molecule is COCCOC(=O)C1=C(C)NC2=C(C(=O)C[C@H](c3ccccc3)C2)[C@@H]1c1ccc(F)cc1. The van der Waals surface area contributed by atoms with Crippen molar-refractivity contribution in [2.45, 2.75) is 31.6 Å². The number of carbonyl (C=O) groups is 2. The highest BCUT2D eigenvalue weighted by Crippen LogP contribution is 2.45. The van der Waals surface area contributed by atoms with Gasteiger partial charge in [0, 0.05) is 36.4 Å². The number of dihydropyridines is 1. The number of hydrogen-bond donors (Lipinski definition) is 1. The molecule has 2 aliphatic rings. The third kappa shape index (κ3) is 4.36. The molecule has 2 aromatic carbocycles. The first-order valence-electron chi connectivity index (χ1n) is 10.7. The molecule has 0 radical (unpaired) electrons. The van der Waals surface area contributed by atoms with Crippen LogP contribution in [0.1, 0.15) is 42.7 Å². The molecule has 0 aromatic heterocycles. The van der Waals surface area contributed by atoms with Crippen molar-refractivity contribution in [1.29, 1.82) is 0 Å². The predicted octanol–water partition coefficient (Wildman–Crippen LogP) is 4.38. The third-order valence-corrected chi connectivity index (χ3v) is 6.04. The van der Waals surface area contributed by atoms with E-state index in [9.17, 15) is 14.0 Å². The Morgan fingerprint density at radius 1 is 1.03 bits per heavy atom. The lowest BCUT2D eigenvalue weighted by molar-refractivity contribution is -0.140. The molecular weight excluding hydrogens is 409 g/mol. The standard InChI is InChI=1S/C26H26FNO4/c1-16-23(26(30)32-13-12-31-2)24(18-8-10-20(27)11-9-18)25-21(28-16)14-19(15-22(25)29)17-6-4-3-5-7-17/h3-11,19,24,28H,12-15H2,1-2H3/t19-,24-/m1/s1. The molecule has 4 rings (SSSR count). The molecule has 6 heteroatoms. The third-order valence-electron chi connectivity index (χ3n) is 6.04. The summed E-state index contributed by atoms with van der Waals surface area (Å²) >= 11 is 0. The number of ketones is 1. The van der Waals surface area contributed by atoms with Crippen LogP contribution in [0.5, 0.6) is 0 Å². The number of carbonyl (C=O) groups excluding carboxylic acids is 2. The van der Waals surface area contributed by atoms with Gasteiger partial charge in [0.2, 0.25) is 0 Å². The number of hydrogen-bond acceptors (Lipinski definition) is 5. The number of rotatable bonds is 6. The van der Waals surface area contributed by atoms with E-state index in [0.717, 1.165) is 11.3 Å². The Morgan fingerprint density at radius 2 is 1.75 bits per heavy atom. The molecule has 2 atom stereocenters. The van der Waals surface area contributed by atoms with Crippen LogP contribution in [0.15, 0.2) is 77.1 Å². The summed E-state index contributed by atoms with van der Waals surface area (Å²) < 4.78 is 24.0. The Balaban J connectivity index is 1.74. The minimum atomic E-state index is -0.605. The summed E-state index contributed by atoms with van der Waals surface area (Å²) in [5.74, 6) is -1.44. The molecule has 5 nitrogen and oxygen atoms in total. The zero-order chi connectivity index (χ0) is 22.7. The summed E-state index contributed by atoms with van der Waals surface area (Å²) in [6.45, 7) is 2.19. The van der Waals surface area contributed by atoms with Crippen molar-refractivity contribution in [3.05, 3.63) is 94.1 Å². The first-order valence-corrected chi connectivity index (χ1v) is 10.7. The average molecular weight is 435 g/mol. The first-order chi connectivity index (χ1) is 15.5. The van der Waals surface area contributed by atoms with Crippen molar-refractivity contribution in [3.8, 4) is 0 Å². The Bertz CT molecular complexity index is 1070. The van der Waals surface area contributed by atoms with Crippen LogP contribution in [-0.4, -0.2) is 32.1 Å². The van der Waals surface area contributed by atoms with Crippen LogP contribution in [0.4, 0.5) is 4.39 Å². The second kappa shape index (κ2) is 9.49. The molecule has 0 spiro atoms. The maximum atomic E-state index is 13.6. The lowest BCUT2D eigenvalue weighted by Gasteiger charge is -2.36. The number of Topliss-reactive ketones (excluding diaryl/α,β-unsaturated/α-hetero) is 1. The molecule has 1 aliphatic carbocycles. The zero-order valence-electron chi connectivity index (χ0n) is 18.2. The summed E-state index contributed by atoms with van der Waals surface area (Å²) in [6, 6.07) is 15.9. The lowest BCUT2D eigenvalue weighted by Crippen LogP contribution is -2.36. The highest BCUT2D eigenvalue weighted by atomic mass is 19.1. The molecule has 0 amide bonds. The van der Waals surface area contributed by atoms with E-state index in [1.54, 1.807) is 12.1 Å². The van der Waals surface area contributed by atoms with Gasteiger partial charge < -0.3 is 14.8 Å². The molecule has 0 bridgehead atoms. The monoisotopic (exact) mass is 435 g/mol. The van der Waals surface area contributed by atoms with E-state index in [1.807, 2.05) is 37.3 Å². The molecule has 0 fully saturated rings. The normalized spacial score (nSPS) is 20.7. The second-order valence-corrected chi connectivity index (χ2v) is 8.11. The molecule has 0 saturated heterocycles. The second-order valence-electron chi connectivity index (χ2n) is 8.11. The van der Waals surface area contributed by atoms with E-state index in [4.69, 9.17) is 9.47 Å². The predicted molar refractivity (Wildman–Crippen MR) is 118 cm³/mol. The van der Waals surface area contributed by atoms with Crippen molar-refractivity contribution in [2.75, 3.05) is 20.3 Å². The number of benzene rings is 2. The molecule has 32 heavy (non-hydrogen) atoms. The van der Waals surface area contributed by atoms with Crippen LogP contribution in [0, 0.1) is 5.82 Å². The van der Waals surface area contributed by atoms with Crippen molar-refractivity contribution in [3.63, 3.8) is 0 Å². The smallest absolute Gasteiger partial charge is 0.336 e. The first kappa shape index (κ1) is 22.0. The largest absolute Gasteiger partial charge is 0.460 e. The molecule has 0 unspecified atom stereocenters. The van der Waals surface area contributed by atoms with Gasteiger partial charge in [-0.1, -0.05) is 42.5 Å². The maximum absolute atomic E-state index is 13.6. The quantitative estimate of drug-likeness (QED) is 0.539. The van der Waals surface area contributed by atoms with Crippen LogP contribution >= 0.6 is 0 Å². The number of esters is 1. The van der Waals surface area contributed by atoms with E-state index in [-0.39, 0.29) is 30.7 Å². The number of ether oxygens (including phenoxy) is 2. The van der Waals surface area contributed by atoms with Gasteiger partial charge >= 0.3 is 5.97 Å². The fraction of sp³-hybridized carbons (Fsp3) is 0.308. The van der Waals surface area contributed by atoms with Crippen LogP contribution in [-0.2, 0) is 19.1 Å². The van der Waals surface area contributed by atoms with Crippen molar-refractivity contribution >= 4 is 11.8 Å². The highest BCUT2D eigenvalue weighted by Gasteiger charge is 2.41. The van der Waals surface area contributed by atoms with E-state index in [2.05, 4.69) is 5.32 Å². The maximum Gasteiger partial charge on any atom is 0.336 e.